The highest BCUT2D eigenvalue weighted by atomic mass is 14.0. The van der Waals surface area contributed by atoms with Crippen molar-refractivity contribution in [3.8, 4) is 12.3 Å². The molecule has 0 heteroatoms. The van der Waals surface area contributed by atoms with Crippen LogP contribution in [0.1, 0.15) is 18.1 Å². The third-order valence-corrected chi connectivity index (χ3v) is 2.53. The predicted molar refractivity (Wildman–Crippen MR) is 71.9 cm³/mol. The summed E-state index contributed by atoms with van der Waals surface area (Å²) in [6, 6.07) is 8.15. The van der Waals surface area contributed by atoms with Crippen molar-refractivity contribution >= 4 is 5.57 Å². The number of hydrogen-bond donors (Lipinski definition) is 0. The minimum absolute atomic E-state index is 0.703. The zero-order valence-corrected chi connectivity index (χ0v) is 9.88. The molecule has 1 rings (SSSR count). The van der Waals surface area contributed by atoms with Gasteiger partial charge in [-0.25, -0.2) is 0 Å². The summed E-state index contributed by atoms with van der Waals surface area (Å²) in [7, 11) is 0. The summed E-state index contributed by atoms with van der Waals surface area (Å²) in [4.78, 5) is 0. The molecule has 0 nitrogen and oxygen atoms in total. The zero-order valence-electron chi connectivity index (χ0n) is 9.88. The molecule has 0 radical (unpaired) electrons. The van der Waals surface area contributed by atoms with E-state index >= 15 is 0 Å². The lowest BCUT2D eigenvalue weighted by Crippen LogP contribution is -1.86. The summed E-state index contributed by atoms with van der Waals surface area (Å²) in [6.45, 7) is 11.9. The number of allylic oxidation sites excluding steroid dienone is 4. The second-order valence-corrected chi connectivity index (χ2v) is 3.79. The molecule has 0 saturated heterocycles. The smallest absolute Gasteiger partial charge is 0.0200 e. The topological polar surface area (TPSA) is 0 Å². The molecular weight excluding hydrogens is 192 g/mol. The molecule has 0 atom stereocenters. The van der Waals surface area contributed by atoms with Crippen LogP contribution in [0.3, 0.4) is 0 Å². The quantitative estimate of drug-likeness (QED) is 0.517. The molecule has 0 heterocycles. The first-order chi connectivity index (χ1) is 7.56. The number of terminal acetylenes is 1. The molecule has 1 aromatic rings. The average molecular weight is 208 g/mol. The van der Waals surface area contributed by atoms with Crippen LogP contribution in [0.5, 0.6) is 0 Å². The minimum atomic E-state index is 0.703. The summed E-state index contributed by atoms with van der Waals surface area (Å²) in [5.41, 5.74) is 5.01. The molecule has 0 saturated carbocycles. The fourth-order valence-corrected chi connectivity index (χ4v) is 1.47. The number of aryl methyl sites for hydroxylation is 1. The van der Waals surface area contributed by atoms with Gasteiger partial charge in [-0.1, -0.05) is 49.4 Å². The molecule has 1 aromatic carbocycles. The van der Waals surface area contributed by atoms with Gasteiger partial charge in [0.1, 0.15) is 0 Å². The Morgan fingerprint density at radius 1 is 1.31 bits per heavy atom. The van der Waals surface area contributed by atoms with Gasteiger partial charge in [-0.2, -0.15) is 0 Å². The molecule has 0 aromatic heterocycles. The van der Waals surface area contributed by atoms with Crippen molar-refractivity contribution in [2.45, 2.75) is 13.8 Å². The lowest BCUT2D eigenvalue weighted by atomic mass is 9.98. The first-order valence-electron chi connectivity index (χ1n) is 5.15. The fraction of sp³-hybridized carbons (Fsp3) is 0.125. The van der Waals surface area contributed by atoms with Gasteiger partial charge in [0.05, 0.1) is 0 Å². The number of hydrogen-bond acceptors (Lipinski definition) is 0. The van der Waals surface area contributed by atoms with E-state index in [0.29, 0.717) is 5.57 Å². The van der Waals surface area contributed by atoms with E-state index in [4.69, 9.17) is 6.42 Å². The Morgan fingerprint density at radius 3 is 2.50 bits per heavy atom. The molecule has 0 unspecified atom stereocenters. The standard InChI is InChI=1S/C16H16/c1-6-12(2)14(4)11-15(5)16-10-8-7-9-13(16)3/h1,7-11H,2,5H2,3-4H3/b14-11-. The van der Waals surface area contributed by atoms with E-state index in [-0.39, 0.29) is 0 Å². The maximum Gasteiger partial charge on any atom is 0.0200 e. The summed E-state index contributed by atoms with van der Waals surface area (Å²) >= 11 is 0. The molecule has 0 aliphatic rings. The van der Waals surface area contributed by atoms with Gasteiger partial charge in [0.15, 0.2) is 0 Å². The monoisotopic (exact) mass is 208 g/mol. The van der Waals surface area contributed by atoms with Crippen LogP contribution in [-0.2, 0) is 0 Å². The van der Waals surface area contributed by atoms with Crippen LogP contribution in [0.4, 0.5) is 0 Å². The third-order valence-electron chi connectivity index (χ3n) is 2.53. The highest BCUT2D eigenvalue weighted by Crippen LogP contribution is 2.20. The number of benzene rings is 1. The van der Waals surface area contributed by atoms with Gasteiger partial charge in [-0.3, -0.25) is 0 Å². The van der Waals surface area contributed by atoms with Crippen molar-refractivity contribution in [1.29, 1.82) is 0 Å². The molecular formula is C16H16. The highest BCUT2D eigenvalue weighted by Gasteiger charge is 2.00. The zero-order chi connectivity index (χ0) is 12.1. The van der Waals surface area contributed by atoms with E-state index in [1.54, 1.807) is 0 Å². The van der Waals surface area contributed by atoms with Crippen molar-refractivity contribution in [1.82, 2.24) is 0 Å². The lowest BCUT2D eigenvalue weighted by molar-refractivity contribution is 1.41. The van der Waals surface area contributed by atoms with Crippen molar-refractivity contribution in [3.05, 3.63) is 65.8 Å². The van der Waals surface area contributed by atoms with Gasteiger partial charge in [-0.15, -0.1) is 6.42 Å². The van der Waals surface area contributed by atoms with Gasteiger partial charge in [0.25, 0.3) is 0 Å². The Hall–Kier alpha value is -2.00. The van der Waals surface area contributed by atoms with Crippen LogP contribution in [0.15, 0.2) is 54.6 Å². The second-order valence-electron chi connectivity index (χ2n) is 3.79. The molecule has 80 valence electrons. The molecule has 0 N–H and O–H groups in total. The van der Waals surface area contributed by atoms with Crippen molar-refractivity contribution < 1.29 is 0 Å². The Kier molecular flexibility index (Phi) is 3.91. The van der Waals surface area contributed by atoms with E-state index < -0.39 is 0 Å². The van der Waals surface area contributed by atoms with Crippen LogP contribution in [-0.4, -0.2) is 0 Å². The largest absolute Gasteiger partial charge is 0.115 e. The maximum absolute atomic E-state index is 5.30. The van der Waals surface area contributed by atoms with Gasteiger partial charge in [0.2, 0.25) is 0 Å². The van der Waals surface area contributed by atoms with Gasteiger partial charge in [-0.05, 0) is 36.1 Å². The van der Waals surface area contributed by atoms with Crippen molar-refractivity contribution in [2.75, 3.05) is 0 Å². The second kappa shape index (κ2) is 5.19. The van der Waals surface area contributed by atoms with E-state index in [0.717, 1.165) is 16.7 Å². The summed E-state index contributed by atoms with van der Waals surface area (Å²) < 4.78 is 0. The lowest BCUT2D eigenvalue weighted by Gasteiger charge is -2.06. The van der Waals surface area contributed by atoms with Crippen molar-refractivity contribution in [2.24, 2.45) is 0 Å². The highest BCUT2D eigenvalue weighted by molar-refractivity contribution is 5.75. The molecule has 0 aliphatic carbocycles. The van der Waals surface area contributed by atoms with Gasteiger partial charge >= 0.3 is 0 Å². The van der Waals surface area contributed by atoms with E-state index in [1.165, 1.54) is 5.56 Å². The third kappa shape index (κ3) is 2.74. The summed E-state index contributed by atoms with van der Waals surface area (Å²) in [5, 5.41) is 0. The summed E-state index contributed by atoms with van der Waals surface area (Å²) in [5.74, 6) is 2.53. The van der Waals surface area contributed by atoms with E-state index in [9.17, 15) is 0 Å². The van der Waals surface area contributed by atoms with Crippen LogP contribution in [0.2, 0.25) is 0 Å². The Morgan fingerprint density at radius 2 is 1.94 bits per heavy atom. The van der Waals surface area contributed by atoms with Gasteiger partial charge in [0, 0.05) is 5.57 Å². The van der Waals surface area contributed by atoms with E-state index in [1.807, 2.05) is 25.1 Å². The molecule has 0 spiro atoms. The van der Waals surface area contributed by atoms with Crippen molar-refractivity contribution in [3.63, 3.8) is 0 Å². The molecule has 0 fully saturated rings. The Bertz CT molecular complexity index is 493. The minimum Gasteiger partial charge on any atom is -0.115 e. The van der Waals surface area contributed by atoms with Crippen LogP contribution >= 0.6 is 0 Å². The first-order valence-corrected chi connectivity index (χ1v) is 5.15. The van der Waals surface area contributed by atoms with Crippen LogP contribution < -0.4 is 0 Å². The maximum atomic E-state index is 5.30. The van der Waals surface area contributed by atoms with E-state index in [2.05, 4.69) is 38.1 Å². The Balaban J connectivity index is 3.02. The molecule has 0 amide bonds. The first kappa shape index (κ1) is 12.1. The number of rotatable bonds is 3. The Labute approximate surface area is 98.0 Å². The molecule has 16 heavy (non-hydrogen) atoms. The van der Waals surface area contributed by atoms with Crippen LogP contribution in [0, 0.1) is 19.3 Å². The van der Waals surface area contributed by atoms with Crippen LogP contribution in [0.25, 0.3) is 5.57 Å². The fourth-order valence-electron chi connectivity index (χ4n) is 1.47. The van der Waals surface area contributed by atoms with Gasteiger partial charge < -0.3 is 0 Å². The SMILES string of the molecule is C#CC(=C)/C(C)=C\C(=C)c1ccccc1C. The average Bonchev–Trinajstić information content (AvgIpc) is 2.28. The predicted octanol–water partition coefficient (Wildman–Crippen LogP) is 4.14. The summed E-state index contributed by atoms with van der Waals surface area (Å²) in [6.07, 6.45) is 7.27. The normalized spacial score (nSPS) is 10.7. The molecule has 0 aliphatic heterocycles. The molecule has 0 bridgehead atoms.